The largest absolute Gasteiger partial charge is 0.369 e. The second-order valence-corrected chi connectivity index (χ2v) is 8.38. The minimum atomic E-state index is -0.0691. The quantitative estimate of drug-likeness (QED) is 0.714. The van der Waals surface area contributed by atoms with E-state index in [0.29, 0.717) is 17.0 Å². The van der Waals surface area contributed by atoms with Crippen LogP contribution >= 0.6 is 0 Å². The number of aromatic nitrogens is 2. The zero-order valence-corrected chi connectivity index (χ0v) is 17.6. The van der Waals surface area contributed by atoms with Crippen molar-refractivity contribution in [2.75, 3.05) is 31.1 Å². The third-order valence-electron chi connectivity index (χ3n) is 6.43. The zero-order valence-electron chi connectivity index (χ0n) is 17.6. The van der Waals surface area contributed by atoms with Crippen molar-refractivity contribution < 1.29 is 0 Å². The van der Waals surface area contributed by atoms with E-state index in [9.17, 15) is 4.79 Å². The lowest BCUT2D eigenvalue weighted by atomic mass is 10.1. The van der Waals surface area contributed by atoms with Gasteiger partial charge >= 0.3 is 0 Å². The maximum Gasteiger partial charge on any atom is 0.257 e. The Hall–Kier alpha value is -3.43. The molecule has 1 aliphatic heterocycles. The topological polar surface area (TPSA) is 76.0 Å². The fourth-order valence-corrected chi connectivity index (χ4v) is 4.69. The van der Waals surface area contributed by atoms with Gasteiger partial charge in [-0.25, -0.2) is 0 Å². The molecular formula is C25H25N5O. The van der Waals surface area contributed by atoms with Crippen LogP contribution in [-0.2, 0) is 0 Å². The molecule has 1 aromatic carbocycles. The molecule has 0 spiro atoms. The Bertz CT molecular complexity index is 1240. The predicted octanol–water partition coefficient (Wildman–Crippen LogP) is 3.47. The molecule has 6 nitrogen and oxygen atoms in total. The fraction of sp³-hybridized carbons (Fsp3) is 0.320. The number of piperazine rings is 1. The molecule has 0 amide bonds. The van der Waals surface area contributed by atoms with E-state index in [0.717, 1.165) is 55.9 Å². The highest BCUT2D eigenvalue weighted by molar-refractivity contribution is 5.81. The number of rotatable bonds is 3. The van der Waals surface area contributed by atoms with Crippen LogP contribution in [0.15, 0.2) is 53.3 Å². The highest BCUT2D eigenvalue weighted by Gasteiger charge is 2.27. The molecule has 1 fully saturated rings. The number of nitrogens with one attached hydrogen (secondary N) is 1. The number of aromatic amines is 1. The first-order valence-corrected chi connectivity index (χ1v) is 10.8. The van der Waals surface area contributed by atoms with E-state index in [2.05, 4.69) is 31.9 Å². The van der Waals surface area contributed by atoms with Crippen LogP contribution in [0.25, 0.3) is 16.5 Å². The Morgan fingerprint density at radius 3 is 2.61 bits per heavy atom. The molecule has 1 N–H and O–H groups in total. The molecule has 0 bridgehead atoms. The number of aryl methyl sites for hydroxylation is 1. The molecule has 2 aromatic heterocycles. The summed E-state index contributed by atoms with van der Waals surface area (Å²) in [6.45, 7) is 5.90. The number of nitriles is 1. The summed E-state index contributed by atoms with van der Waals surface area (Å²) in [6, 6.07) is 16.2. The number of nitrogens with zero attached hydrogens (tertiary/aromatic N) is 4. The molecule has 1 atom stereocenters. The van der Waals surface area contributed by atoms with Gasteiger partial charge in [0, 0.05) is 49.3 Å². The number of H-pyrrole nitrogens is 1. The van der Waals surface area contributed by atoms with Crippen molar-refractivity contribution in [3.8, 4) is 6.07 Å². The second kappa shape index (κ2) is 8.01. The van der Waals surface area contributed by atoms with Crippen molar-refractivity contribution in [2.45, 2.75) is 25.8 Å². The fourth-order valence-electron chi connectivity index (χ4n) is 4.69. The van der Waals surface area contributed by atoms with Crippen molar-refractivity contribution in [3.63, 3.8) is 0 Å². The van der Waals surface area contributed by atoms with Crippen molar-refractivity contribution in [1.82, 2.24) is 14.9 Å². The normalized spacial score (nSPS) is 19.4. The Balaban J connectivity index is 1.29. The van der Waals surface area contributed by atoms with Crippen LogP contribution in [0.3, 0.4) is 0 Å². The number of fused-ring (bicyclic) bond motifs is 1. The zero-order chi connectivity index (χ0) is 21.4. The standard InChI is InChI=1S/C25H25N5O/c1-17-2-9-22-24(27-17)15-23(28-25(22)31)19-5-8-21(14-19)30-12-10-29(11-13-30)20-6-3-18(16-26)4-7-20/h2-4,6-7,9,14-15,21H,5,8,10-13H2,1H3,(H,28,31). The Morgan fingerprint density at radius 1 is 1.10 bits per heavy atom. The van der Waals surface area contributed by atoms with E-state index in [1.807, 2.05) is 49.4 Å². The van der Waals surface area contributed by atoms with Crippen molar-refractivity contribution >= 4 is 22.2 Å². The van der Waals surface area contributed by atoms with Crippen molar-refractivity contribution in [3.05, 3.63) is 75.8 Å². The lowest BCUT2D eigenvalue weighted by Crippen LogP contribution is -2.49. The maximum atomic E-state index is 12.5. The molecule has 2 aliphatic rings. The van der Waals surface area contributed by atoms with Crippen LogP contribution in [0.2, 0.25) is 0 Å². The average Bonchev–Trinajstić information content (AvgIpc) is 3.29. The first-order valence-electron chi connectivity index (χ1n) is 10.8. The molecule has 3 heterocycles. The van der Waals surface area contributed by atoms with Crippen molar-refractivity contribution in [2.24, 2.45) is 0 Å². The van der Waals surface area contributed by atoms with Crippen LogP contribution in [0.1, 0.15) is 29.8 Å². The van der Waals surface area contributed by atoms with Crippen molar-refractivity contribution in [1.29, 1.82) is 5.26 Å². The number of hydrogen-bond donors (Lipinski definition) is 1. The number of anilines is 1. The van der Waals surface area contributed by atoms with E-state index < -0.39 is 0 Å². The van der Waals surface area contributed by atoms with Gasteiger partial charge in [0.15, 0.2) is 0 Å². The Morgan fingerprint density at radius 2 is 1.87 bits per heavy atom. The Kier molecular flexibility index (Phi) is 5.05. The van der Waals surface area contributed by atoms with Gasteiger partial charge in [-0.3, -0.25) is 14.7 Å². The first kappa shape index (κ1) is 19.5. The molecule has 31 heavy (non-hydrogen) atoms. The van der Waals surface area contributed by atoms with Crippen LogP contribution in [-0.4, -0.2) is 47.1 Å². The molecule has 3 aromatic rings. The van der Waals surface area contributed by atoms with Gasteiger partial charge in [-0.05, 0) is 67.8 Å². The van der Waals surface area contributed by atoms with E-state index in [-0.39, 0.29) is 5.56 Å². The summed E-state index contributed by atoms with van der Waals surface area (Å²) in [6.07, 6.45) is 4.37. The van der Waals surface area contributed by atoms with Crippen LogP contribution in [0.5, 0.6) is 0 Å². The summed E-state index contributed by atoms with van der Waals surface area (Å²) in [4.78, 5) is 25.0. The molecule has 5 rings (SSSR count). The average molecular weight is 412 g/mol. The van der Waals surface area contributed by atoms with Crippen LogP contribution < -0.4 is 10.5 Å². The summed E-state index contributed by atoms with van der Waals surface area (Å²) in [5.74, 6) is 0. The van der Waals surface area contributed by atoms with E-state index in [1.165, 1.54) is 11.3 Å². The van der Waals surface area contributed by atoms with Gasteiger partial charge in [0.05, 0.1) is 22.5 Å². The minimum absolute atomic E-state index is 0.0691. The number of pyridine rings is 2. The summed E-state index contributed by atoms with van der Waals surface area (Å²) in [7, 11) is 0. The van der Waals surface area contributed by atoms with Gasteiger partial charge in [-0.15, -0.1) is 0 Å². The summed E-state index contributed by atoms with van der Waals surface area (Å²) >= 11 is 0. The van der Waals surface area contributed by atoms with E-state index in [4.69, 9.17) is 5.26 Å². The SMILES string of the molecule is Cc1ccc2c(=O)[nH]c(C3=CC(N4CCN(c5ccc(C#N)cc5)CC4)CC3)cc2n1. The van der Waals surface area contributed by atoms with E-state index in [1.54, 1.807) is 0 Å². The molecule has 1 unspecified atom stereocenters. The van der Waals surface area contributed by atoms with Crippen LogP contribution in [0.4, 0.5) is 5.69 Å². The predicted molar refractivity (Wildman–Crippen MR) is 123 cm³/mol. The lowest BCUT2D eigenvalue weighted by molar-refractivity contribution is 0.214. The minimum Gasteiger partial charge on any atom is -0.369 e. The summed E-state index contributed by atoms with van der Waals surface area (Å²) in [5, 5.41) is 9.62. The monoisotopic (exact) mass is 411 g/mol. The second-order valence-electron chi connectivity index (χ2n) is 8.38. The third-order valence-corrected chi connectivity index (χ3v) is 6.43. The molecule has 6 heteroatoms. The first-order chi connectivity index (χ1) is 15.1. The number of allylic oxidation sites excluding steroid dienone is 1. The van der Waals surface area contributed by atoms with Gasteiger partial charge in [-0.2, -0.15) is 5.26 Å². The molecular weight excluding hydrogens is 386 g/mol. The molecule has 1 saturated heterocycles. The highest BCUT2D eigenvalue weighted by atomic mass is 16.1. The number of benzene rings is 1. The Labute approximate surface area is 181 Å². The van der Waals surface area contributed by atoms with Gasteiger partial charge in [0.1, 0.15) is 0 Å². The smallest absolute Gasteiger partial charge is 0.257 e. The summed E-state index contributed by atoms with van der Waals surface area (Å²) in [5.41, 5.74) is 5.60. The van der Waals surface area contributed by atoms with Gasteiger partial charge in [0.2, 0.25) is 0 Å². The van der Waals surface area contributed by atoms with Crippen LogP contribution in [0, 0.1) is 18.3 Å². The van der Waals surface area contributed by atoms with Gasteiger partial charge in [0.25, 0.3) is 5.56 Å². The lowest BCUT2D eigenvalue weighted by Gasteiger charge is -2.38. The van der Waals surface area contributed by atoms with E-state index >= 15 is 0 Å². The van der Waals surface area contributed by atoms with Gasteiger partial charge < -0.3 is 9.88 Å². The maximum absolute atomic E-state index is 12.5. The molecule has 1 aliphatic carbocycles. The molecule has 0 saturated carbocycles. The summed E-state index contributed by atoms with van der Waals surface area (Å²) < 4.78 is 0. The molecule has 156 valence electrons. The van der Waals surface area contributed by atoms with Gasteiger partial charge in [-0.1, -0.05) is 6.08 Å². The molecule has 0 radical (unpaired) electrons. The third kappa shape index (κ3) is 3.85. The highest BCUT2D eigenvalue weighted by Crippen LogP contribution is 2.31. The number of hydrogen-bond acceptors (Lipinski definition) is 5.